The molecule has 0 unspecified atom stereocenters. The number of hydrogen-bond donors (Lipinski definition) is 1. The van der Waals surface area contributed by atoms with Crippen molar-refractivity contribution in [2.45, 2.75) is 13.8 Å². The first-order chi connectivity index (χ1) is 13.5. The molecule has 2 aromatic carbocycles. The smallest absolute Gasteiger partial charge is 0.264 e. The van der Waals surface area contributed by atoms with Gasteiger partial charge in [-0.05, 0) is 79.7 Å². The number of halogens is 1. The number of amides is 1. The third kappa shape index (κ3) is 3.64. The molecule has 6 heteroatoms. The molecule has 0 atom stereocenters. The van der Waals surface area contributed by atoms with Gasteiger partial charge in [0.25, 0.3) is 5.91 Å². The topological polar surface area (TPSA) is 46.4 Å². The van der Waals surface area contributed by atoms with Gasteiger partial charge in [-0.25, -0.2) is 9.38 Å². The minimum atomic E-state index is -0.318. The number of para-hydroxylation sites is 1. The van der Waals surface area contributed by atoms with E-state index in [1.807, 2.05) is 38.1 Å². The molecule has 1 aromatic heterocycles. The molecule has 4 rings (SSSR count). The highest BCUT2D eigenvalue weighted by Gasteiger charge is 2.24. The summed E-state index contributed by atoms with van der Waals surface area (Å²) in [6.45, 7) is 4.09. The van der Waals surface area contributed by atoms with Crippen molar-refractivity contribution in [3.8, 4) is 5.69 Å². The summed E-state index contributed by atoms with van der Waals surface area (Å²) in [5, 5.41) is 3.25. The van der Waals surface area contributed by atoms with Crippen LogP contribution in [-0.4, -0.2) is 15.6 Å². The normalized spacial score (nSPS) is 16.8. The molecule has 1 saturated heterocycles. The maximum absolute atomic E-state index is 13.0. The molecule has 28 heavy (non-hydrogen) atoms. The minimum absolute atomic E-state index is 0.185. The molecule has 0 radical (unpaired) electrons. The van der Waals surface area contributed by atoms with Crippen molar-refractivity contribution in [2.24, 2.45) is 4.99 Å². The number of nitrogens with zero attached hydrogens (tertiary/aromatic N) is 2. The first kappa shape index (κ1) is 18.3. The molecule has 3 aromatic rings. The molecule has 4 nitrogen and oxygen atoms in total. The maximum Gasteiger partial charge on any atom is 0.264 e. The lowest BCUT2D eigenvalue weighted by Gasteiger charge is -2.09. The number of nitrogens with one attached hydrogen (secondary N) is 1. The predicted octanol–water partition coefficient (Wildman–Crippen LogP) is 5.12. The number of aromatic nitrogens is 1. The standard InChI is InChI=1S/C22H18FN3OS/c1-14-12-16(15(2)26(14)19-6-4-3-5-7-19)13-20-21(27)25-22(28-20)24-18-10-8-17(23)9-11-18/h3-13H,1-2H3,(H,24,25,27)/b20-13+. The summed E-state index contributed by atoms with van der Waals surface area (Å²) in [5.41, 5.74) is 4.83. The van der Waals surface area contributed by atoms with Gasteiger partial charge in [0.2, 0.25) is 0 Å². The lowest BCUT2D eigenvalue weighted by molar-refractivity contribution is -0.115. The molecule has 1 fully saturated rings. The molecule has 0 bridgehead atoms. The number of hydrogen-bond acceptors (Lipinski definition) is 3. The summed E-state index contributed by atoms with van der Waals surface area (Å²) in [7, 11) is 0. The van der Waals surface area contributed by atoms with Gasteiger partial charge in [-0.1, -0.05) is 18.2 Å². The van der Waals surface area contributed by atoms with Crippen LogP contribution in [0.1, 0.15) is 17.0 Å². The van der Waals surface area contributed by atoms with Crippen LogP contribution in [0.5, 0.6) is 0 Å². The Kier molecular flexibility index (Phi) is 4.88. The summed E-state index contributed by atoms with van der Waals surface area (Å²) in [4.78, 5) is 17.3. The summed E-state index contributed by atoms with van der Waals surface area (Å²) in [6.07, 6.45) is 1.88. The number of aliphatic imine (C=N–C) groups is 1. The Morgan fingerprint density at radius 2 is 1.79 bits per heavy atom. The zero-order valence-corrected chi connectivity index (χ0v) is 16.3. The second-order valence-electron chi connectivity index (χ2n) is 6.46. The highest BCUT2D eigenvalue weighted by Crippen LogP contribution is 2.30. The van der Waals surface area contributed by atoms with Gasteiger partial charge >= 0.3 is 0 Å². The Labute approximate surface area is 166 Å². The zero-order chi connectivity index (χ0) is 19.7. The SMILES string of the molecule is Cc1cc(/C=C2/SC(=Nc3ccc(F)cc3)NC2=O)c(C)n1-c1ccccc1. The highest BCUT2D eigenvalue weighted by molar-refractivity contribution is 8.18. The first-order valence-corrected chi connectivity index (χ1v) is 9.62. The molecule has 1 amide bonds. The van der Waals surface area contributed by atoms with E-state index in [2.05, 4.69) is 33.1 Å². The molecular weight excluding hydrogens is 373 g/mol. The molecule has 2 heterocycles. The Hall–Kier alpha value is -3.12. The Bertz CT molecular complexity index is 1100. The lowest BCUT2D eigenvalue weighted by Crippen LogP contribution is -2.19. The van der Waals surface area contributed by atoms with Crippen molar-refractivity contribution in [3.63, 3.8) is 0 Å². The van der Waals surface area contributed by atoms with Gasteiger partial charge < -0.3 is 9.88 Å². The number of amidine groups is 1. The van der Waals surface area contributed by atoms with E-state index >= 15 is 0 Å². The average molecular weight is 391 g/mol. The van der Waals surface area contributed by atoms with Crippen LogP contribution in [0.15, 0.2) is 70.6 Å². The van der Waals surface area contributed by atoms with Gasteiger partial charge in [0.05, 0.1) is 10.6 Å². The van der Waals surface area contributed by atoms with E-state index in [4.69, 9.17) is 0 Å². The van der Waals surface area contributed by atoms with Crippen LogP contribution >= 0.6 is 11.8 Å². The first-order valence-electron chi connectivity index (χ1n) is 8.81. The van der Waals surface area contributed by atoms with Crippen LogP contribution in [0.3, 0.4) is 0 Å². The number of rotatable bonds is 3. The van der Waals surface area contributed by atoms with E-state index < -0.39 is 0 Å². The second kappa shape index (κ2) is 7.48. The van der Waals surface area contributed by atoms with E-state index in [0.29, 0.717) is 15.8 Å². The predicted molar refractivity (Wildman–Crippen MR) is 112 cm³/mol. The third-order valence-corrected chi connectivity index (χ3v) is 5.39. The molecule has 0 aliphatic carbocycles. The summed E-state index contributed by atoms with van der Waals surface area (Å²) in [6, 6.07) is 18.0. The molecule has 1 aliphatic heterocycles. The van der Waals surface area contributed by atoms with Crippen LogP contribution in [0, 0.1) is 19.7 Å². The van der Waals surface area contributed by atoms with E-state index in [-0.39, 0.29) is 11.7 Å². The quantitative estimate of drug-likeness (QED) is 0.630. The largest absolute Gasteiger partial charge is 0.318 e. The molecule has 1 N–H and O–H groups in total. The van der Waals surface area contributed by atoms with Gasteiger partial charge in [0, 0.05) is 17.1 Å². The summed E-state index contributed by atoms with van der Waals surface area (Å²) < 4.78 is 15.2. The molecule has 0 saturated carbocycles. The molecule has 140 valence electrons. The third-order valence-electron chi connectivity index (χ3n) is 4.48. The second-order valence-corrected chi connectivity index (χ2v) is 7.49. The number of benzene rings is 2. The minimum Gasteiger partial charge on any atom is -0.318 e. The number of carbonyl (C=O) groups is 1. The van der Waals surface area contributed by atoms with Crippen LogP contribution in [0.2, 0.25) is 0 Å². The fourth-order valence-electron chi connectivity index (χ4n) is 3.16. The van der Waals surface area contributed by atoms with Crippen LogP contribution in [-0.2, 0) is 4.79 Å². The van der Waals surface area contributed by atoms with Gasteiger partial charge in [0.1, 0.15) is 5.82 Å². The van der Waals surface area contributed by atoms with E-state index in [0.717, 1.165) is 22.6 Å². The van der Waals surface area contributed by atoms with Gasteiger partial charge in [-0.2, -0.15) is 0 Å². The number of carbonyl (C=O) groups excluding carboxylic acids is 1. The fourth-order valence-corrected chi connectivity index (χ4v) is 4.00. The van der Waals surface area contributed by atoms with Crippen molar-refractivity contribution in [1.82, 2.24) is 9.88 Å². The van der Waals surface area contributed by atoms with Crippen molar-refractivity contribution >= 4 is 34.6 Å². The summed E-state index contributed by atoms with van der Waals surface area (Å²) in [5.74, 6) is -0.503. The molecule has 0 spiro atoms. The van der Waals surface area contributed by atoms with Gasteiger partial charge in [0.15, 0.2) is 5.17 Å². The average Bonchev–Trinajstić information content (AvgIpc) is 3.16. The van der Waals surface area contributed by atoms with Crippen molar-refractivity contribution < 1.29 is 9.18 Å². The van der Waals surface area contributed by atoms with Crippen LogP contribution in [0.25, 0.3) is 11.8 Å². The van der Waals surface area contributed by atoms with Gasteiger partial charge in [-0.15, -0.1) is 0 Å². The van der Waals surface area contributed by atoms with E-state index in [9.17, 15) is 9.18 Å². The number of thioether (sulfide) groups is 1. The van der Waals surface area contributed by atoms with E-state index in [1.165, 1.54) is 23.9 Å². The Morgan fingerprint density at radius 3 is 2.50 bits per heavy atom. The Balaban J connectivity index is 1.63. The van der Waals surface area contributed by atoms with Gasteiger partial charge in [-0.3, -0.25) is 4.79 Å². The maximum atomic E-state index is 13.0. The molecular formula is C22H18FN3OS. The van der Waals surface area contributed by atoms with Crippen molar-refractivity contribution in [2.75, 3.05) is 0 Å². The van der Waals surface area contributed by atoms with Crippen molar-refractivity contribution in [3.05, 3.63) is 88.3 Å². The highest BCUT2D eigenvalue weighted by atomic mass is 32.2. The van der Waals surface area contributed by atoms with E-state index in [1.54, 1.807) is 12.1 Å². The van der Waals surface area contributed by atoms with Crippen LogP contribution in [0.4, 0.5) is 10.1 Å². The zero-order valence-electron chi connectivity index (χ0n) is 15.4. The monoisotopic (exact) mass is 391 g/mol. The van der Waals surface area contributed by atoms with Crippen LogP contribution < -0.4 is 5.32 Å². The fraction of sp³-hybridized carbons (Fsp3) is 0.0909. The lowest BCUT2D eigenvalue weighted by atomic mass is 10.2. The molecule has 1 aliphatic rings. The number of aryl methyl sites for hydroxylation is 1. The summed E-state index contributed by atoms with van der Waals surface area (Å²) >= 11 is 1.28. The Morgan fingerprint density at radius 1 is 1.07 bits per heavy atom. The van der Waals surface area contributed by atoms with Crippen molar-refractivity contribution in [1.29, 1.82) is 0 Å².